The molecule has 1 aliphatic rings. The Balaban J connectivity index is 1.51. The monoisotopic (exact) mass is 391 g/mol. The largest absolute Gasteiger partial charge is 0.452 e. The van der Waals surface area contributed by atoms with Crippen LogP contribution in [0.25, 0.3) is 0 Å². The van der Waals surface area contributed by atoms with E-state index in [1.807, 2.05) is 0 Å². The molecule has 1 atom stereocenters. The van der Waals surface area contributed by atoms with Crippen LogP contribution in [0.15, 0.2) is 29.6 Å². The standard InChI is InChI=1S/C18H18FN3O4S/c1-11(17(25)20-13-6-4-12(19)5-7-13)26-16(24)9-14-10-27-18(21-14)22-8-2-3-15(22)23/h4-7,10-11H,2-3,8-9H2,1H3,(H,20,25)/t11-/m1/s1. The molecule has 27 heavy (non-hydrogen) atoms. The lowest BCUT2D eigenvalue weighted by atomic mass is 10.3. The molecule has 2 heterocycles. The molecule has 3 rings (SSSR count). The number of aromatic nitrogens is 1. The summed E-state index contributed by atoms with van der Waals surface area (Å²) in [4.78, 5) is 41.7. The number of esters is 1. The van der Waals surface area contributed by atoms with Crippen LogP contribution in [-0.4, -0.2) is 35.4 Å². The zero-order valence-electron chi connectivity index (χ0n) is 14.6. The van der Waals surface area contributed by atoms with Crippen LogP contribution in [0.4, 0.5) is 15.2 Å². The average molecular weight is 391 g/mol. The predicted molar refractivity (Wildman–Crippen MR) is 98.0 cm³/mol. The van der Waals surface area contributed by atoms with Crippen molar-refractivity contribution in [3.63, 3.8) is 0 Å². The summed E-state index contributed by atoms with van der Waals surface area (Å²) in [6, 6.07) is 5.27. The van der Waals surface area contributed by atoms with Crippen LogP contribution >= 0.6 is 11.3 Å². The lowest BCUT2D eigenvalue weighted by molar-refractivity contribution is -0.152. The minimum absolute atomic E-state index is 0.0320. The number of benzene rings is 1. The van der Waals surface area contributed by atoms with Gasteiger partial charge in [0.25, 0.3) is 5.91 Å². The molecule has 0 saturated carbocycles. The van der Waals surface area contributed by atoms with Crippen molar-refractivity contribution in [2.45, 2.75) is 32.3 Å². The van der Waals surface area contributed by atoms with Gasteiger partial charge in [-0.15, -0.1) is 11.3 Å². The third kappa shape index (κ3) is 4.88. The molecule has 142 valence electrons. The number of carbonyl (C=O) groups excluding carboxylic acids is 3. The molecule has 1 fully saturated rings. The van der Waals surface area contributed by atoms with Crippen molar-refractivity contribution in [1.82, 2.24) is 4.98 Å². The second-order valence-corrected chi connectivity index (χ2v) is 6.91. The van der Waals surface area contributed by atoms with Crippen molar-refractivity contribution >= 4 is 39.9 Å². The first kappa shape index (κ1) is 19.0. The molecular weight excluding hydrogens is 373 g/mol. The van der Waals surface area contributed by atoms with Crippen LogP contribution in [0.1, 0.15) is 25.5 Å². The van der Waals surface area contributed by atoms with Gasteiger partial charge >= 0.3 is 5.97 Å². The maximum Gasteiger partial charge on any atom is 0.312 e. The van der Waals surface area contributed by atoms with Crippen molar-refractivity contribution in [1.29, 1.82) is 0 Å². The fourth-order valence-electron chi connectivity index (χ4n) is 2.57. The zero-order chi connectivity index (χ0) is 19.4. The quantitative estimate of drug-likeness (QED) is 0.765. The van der Waals surface area contributed by atoms with E-state index in [0.29, 0.717) is 29.5 Å². The van der Waals surface area contributed by atoms with Gasteiger partial charge in [-0.2, -0.15) is 0 Å². The highest BCUT2D eigenvalue weighted by atomic mass is 32.1. The number of anilines is 2. The fraction of sp³-hybridized carbons (Fsp3) is 0.333. The fourth-order valence-corrected chi connectivity index (χ4v) is 3.44. The number of hydrogen-bond donors (Lipinski definition) is 1. The third-order valence-corrected chi connectivity index (χ3v) is 4.87. The SMILES string of the molecule is C[C@@H](OC(=O)Cc1csc(N2CCCC2=O)n1)C(=O)Nc1ccc(F)cc1. The molecule has 0 aliphatic carbocycles. The Morgan fingerprint density at radius 1 is 1.37 bits per heavy atom. The van der Waals surface area contributed by atoms with E-state index in [0.717, 1.165) is 6.42 Å². The number of ether oxygens (including phenoxy) is 1. The van der Waals surface area contributed by atoms with Crippen molar-refractivity contribution in [3.8, 4) is 0 Å². The summed E-state index contributed by atoms with van der Waals surface area (Å²) in [5.74, 6) is -1.49. The lowest BCUT2D eigenvalue weighted by Crippen LogP contribution is -2.30. The van der Waals surface area contributed by atoms with Gasteiger partial charge in [-0.3, -0.25) is 19.3 Å². The molecule has 7 nitrogen and oxygen atoms in total. The summed E-state index contributed by atoms with van der Waals surface area (Å²) < 4.78 is 18.0. The van der Waals surface area contributed by atoms with Gasteiger partial charge < -0.3 is 10.1 Å². The van der Waals surface area contributed by atoms with Gasteiger partial charge in [0, 0.05) is 24.0 Å². The Morgan fingerprint density at radius 3 is 2.78 bits per heavy atom. The van der Waals surface area contributed by atoms with Gasteiger partial charge in [-0.05, 0) is 37.6 Å². The van der Waals surface area contributed by atoms with E-state index in [-0.39, 0.29) is 12.3 Å². The summed E-state index contributed by atoms with van der Waals surface area (Å²) >= 11 is 1.30. The van der Waals surface area contributed by atoms with Gasteiger partial charge in [0.2, 0.25) is 5.91 Å². The summed E-state index contributed by atoms with van der Waals surface area (Å²) in [6.07, 6.45) is 0.210. The molecule has 0 bridgehead atoms. The predicted octanol–water partition coefficient (Wildman–Crippen LogP) is 2.52. The molecule has 1 aliphatic heterocycles. The minimum Gasteiger partial charge on any atom is -0.452 e. The third-order valence-electron chi connectivity index (χ3n) is 3.96. The van der Waals surface area contributed by atoms with Crippen molar-refractivity contribution in [2.75, 3.05) is 16.8 Å². The van der Waals surface area contributed by atoms with Crippen molar-refractivity contribution in [3.05, 3.63) is 41.2 Å². The van der Waals surface area contributed by atoms with Gasteiger partial charge in [-0.25, -0.2) is 9.37 Å². The highest BCUT2D eigenvalue weighted by Gasteiger charge is 2.25. The lowest BCUT2D eigenvalue weighted by Gasteiger charge is -2.13. The van der Waals surface area contributed by atoms with Crippen LogP contribution in [-0.2, 0) is 25.5 Å². The molecule has 2 aromatic rings. The van der Waals surface area contributed by atoms with Crippen molar-refractivity contribution < 1.29 is 23.5 Å². The van der Waals surface area contributed by atoms with E-state index in [4.69, 9.17) is 4.74 Å². The second-order valence-electron chi connectivity index (χ2n) is 6.08. The smallest absolute Gasteiger partial charge is 0.312 e. The van der Waals surface area contributed by atoms with Crippen LogP contribution in [0.2, 0.25) is 0 Å². The molecule has 1 N–H and O–H groups in total. The highest BCUT2D eigenvalue weighted by molar-refractivity contribution is 7.14. The number of hydrogen-bond acceptors (Lipinski definition) is 6. The Morgan fingerprint density at radius 2 is 2.11 bits per heavy atom. The number of carbonyl (C=O) groups is 3. The molecule has 1 saturated heterocycles. The summed E-state index contributed by atoms with van der Waals surface area (Å²) in [5, 5.41) is 4.82. The normalized spacial score (nSPS) is 14.9. The van der Waals surface area contributed by atoms with E-state index >= 15 is 0 Å². The Bertz CT molecular complexity index is 853. The van der Waals surface area contributed by atoms with Crippen LogP contribution in [0, 0.1) is 5.82 Å². The molecule has 9 heteroatoms. The maximum atomic E-state index is 12.9. The van der Waals surface area contributed by atoms with Gasteiger partial charge in [0.1, 0.15) is 5.82 Å². The van der Waals surface area contributed by atoms with E-state index in [1.165, 1.54) is 42.5 Å². The van der Waals surface area contributed by atoms with Crippen molar-refractivity contribution in [2.24, 2.45) is 0 Å². The molecule has 0 radical (unpaired) electrons. The Hall–Kier alpha value is -2.81. The number of nitrogens with zero attached hydrogens (tertiary/aromatic N) is 2. The topological polar surface area (TPSA) is 88.6 Å². The first-order valence-electron chi connectivity index (χ1n) is 8.43. The number of thiazole rings is 1. The minimum atomic E-state index is -1.01. The molecule has 0 spiro atoms. The summed E-state index contributed by atoms with van der Waals surface area (Å²) in [7, 11) is 0. The van der Waals surface area contributed by atoms with E-state index in [2.05, 4.69) is 10.3 Å². The Labute approximate surface area is 159 Å². The Kier molecular flexibility index (Phi) is 5.80. The number of amides is 2. The first-order chi connectivity index (χ1) is 12.9. The first-order valence-corrected chi connectivity index (χ1v) is 9.31. The molecule has 2 amide bonds. The molecule has 0 unspecified atom stereocenters. The second kappa shape index (κ2) is 8.26. The van der Waals surface area contributed by atoms with Gasteiger partial charge in [0.05, 0.1) is 12.1 Å². The highest BCUT2D eigenvalue weighted by Crippen LogP contribution is 2.25. The van der Waals surface area contributed by atoms with Gasteiger partial charge in [0.15, 0.2) is 11.2 Å². The van der Waals surface area contributed by atoms with Crippen LogP contribution in [0.3, 0.4) is 0 Å². The zero-order valence-corrected chi connectivity index (χ0v) is 15.4. The van der Waals surface area contributed by atoms with Crippen LogP contribution < -0.4 is 10.2 Å². The van der Waals surface area contributed by atoms with E-state index in [9.17, 15) is 18.8 Å². The van der Waals surface area contributed by atoms with Gasteiger partial charge in [-0.1, -0.05) is 0 Å². The summed E-state index contributed by atoms with van der Waals surface area (Å²) in [6.45, 7) is 2.09. The maximum absolute atomic E-state index is 12.9. The van der Waals surface area contributed by atoms with E-state index < -0.39 is 23.8 Å². The average Bonchev–Trinajstić information content (AvgIpc) is 3.25. The number of rotatable bonds is 6. The number of nitrogens with one attached hydrogen (secondary N) is 1. The molecule has 1 aromatic carbocycles. The summed E-state index contributed by atoms with van der Waals surface area (Å²) in [5.41, 5.74) is 0.898. The van der Waals surface area contributed by atoms with Crippen LogP contribution in [0.5, 0.6) is 0 Å². The molecular formula is C18H18FN3O4S. The van der Waals surface area contributed by atoms with E-state index in [1.54, 1.807) is 10.3 Å². The molecule has 1 aromatic heterocycles. The number of halogens is 1.